The van der Waals surface area contributed by atoms with Crippen LogP contribution >= 0.6 is 0 Å². The second-order valence-electron chi connectivity index (χ2n) is 4.05. The zero-order valence-corrected chi connectivity index (χ0v) is 10.8. The molecular formula is C12H13N7O. The van der Waals surface area contributed by atoms with Gasteiger partial charge in [-0.25, -0.2) is 4.98 Å². The molecule has 0 atom stereocenters. The van der Waals surface area contributed by atoms with Gasteiger partial charge in [0.25, 0.3) is 0 Å². The molecule has 0 saturated carbocycles. The van der Waals surface area contributed by atoms with Gasteiger partial charge >= 0.3 is 0 Å². The molecule has 0 unspecified atom stereocenters. The number of aliphatic hydroxyl groups excluding tert-OH is 1. The lowest BCUT2D eigenvalue weighted by Crippen LogP contribution is -2.21. The van der Waals surface area contributed by atoms with E-state index in [4.69, 9.17) is 21.5 Å². The molecule has 20 heavy (non-hydrogen) atoms. The van der Waals surface area contributed by atoms with Gasteiger partial charge < -0.3 is 15.4 Å². The lowest BCUT2D eigenvalue weighted by atomic mass is 10.3. The van der Waals surface area contributed by atoms with Crippen molar-refractivity contribution in [1.82, 2.24) is 9.55 Å². The summed E-state index contributed by atoms with van der Waals surface area (Å²) in [6.45, 7) is -0.144. The van der Waals surface area contributed by atoms with E-state index in [9.17, 15) is 0 Å². The van der Waals surface area contributed by atoms with Crippen molar-refractivity contribution >= 4 is 28.3 Å². The van der Waals surface area contributed by atoms with Gasteiger partial charge in [-0.3, -0.25) is 10.8 Å². The third-order valence-electron chi connectivity index (χ3n) is 2.77. The Bertz CT molecular complexity index is 738. The molecule has 8 heteroatoms. The first-order valence-electron chi connectivity index (χ1n) is 5.71. The molecule has 2 aromatic rings. The second-order valence-corrected chi connectivity index (χ2v) is 4.05. The van der Waals surface area contributed by atoms with Crippen LogP contribution in [-0.2, 0) is 13.7 Å². The smallest absolute Gasteiger partial charge is 0.201 e. The van der Waals surface area contributed by atoms with E-state index in [1.165, 1.54) is 0 Å². The molecule has 0 spiro atoms. The minimum Gasteiger partial charge on any atom is -0.388 e. The Labute approximate surface area is 114 Å². The molecule has 0 amide bonds. The predicted octanol–water partition coefficient (Wildman–Crippen LogP) is 0.293. The molecule has 1 aromatic heterocycles. The van der Waals surface area contributed by atoms with Gasteiger partial charge in [-0.1, -0.05) is 0 Å². The highest BCUT2D eigenvalue weighted by Crippen LogP contribution is 2.19. The Morgan fingerprint density at radius 2 is 2.40 bits per heavy atom. The minimum absolute atomic E-state index is 0.144. The van der Waals surface area contributed by atoms with Crippen LogP contribution in [0.5, 0.6) is 0 Å². The third kappa shape index (κ3) is 2.43. The molecule has 1 aromatic carbocycles. The molecule has 1 heterocycles. The molecule has 2 rings (SSSR count). The molecule has 0 bridgehead atoms. The average Bonchev–Trinajstić information content (AvgIpc) is 2.75. The number of nitrogens with one attached hydrogen (secondary N) is 2. The molecule has 0 fully saturated rings. The van der Waals surface area contributed by atoms with Gasteiger partial charge in [0.15, 0.2) is 5.84 Å². The number of aryl methyl sites for hydroxylation is 1. The van der Waals surface area contributed by atoms with Gasteiger partial charge in [-0.2, -0.15) is 10.4 Å². The van der Waals surface area contributed by atoms with Gasteiger partial charge in [-0.05, 0) is 18.2 Å². The summed E-state index contributed by atoms with van der Waals surface area (Å²) in [5, 5.41) is 28.8. The van der Waals surface area contributed by atoms with E-state index in [0.29, 0.717) is 17.0 Å². The van der Waals surface area contributed by atoms with Crippen LogP contribution in [0, 0.1) is 16.7 Å². The molecule has 5 N–H and O–H groups in total. The lowest BCUT2D eigenvalue weighted by molar-refractivity contribution is 0.268. The first-order valence-corrected chi connectivity index (χ1v) is 5.71. The van der Waals surface area contributed by atoms with Crippen molar-refractivity contribution in [3.05, 3.63) is 24.0 Å². The van der Waals surface area contributed by atoms with Gasteiger partial charge in [0, 0.05) is 7.05 Å². The van der Waals surface area contributed by atoms with Crippen molar-refractivity contribution in [1.29, 1.82) is 10.7 Å². The van der Waals surface area contributed by atoms with Gasteiger partial charge in [0.2, 0.25) is 5.71 Å². The normalized spacial score (nSPS) is 11.3. The van der Waals surface area contributed by atoms with E-state index in [2.05, 4.69) is 15.5 Å². The molecule has 0 saturated heterocycles. The van der Waals surface area contributed by atoms with Crippen LogP contribution in [0.25, 0.3) is 11.0 Å². The number of aliphatic hydroxyl groups is 1. The number of imidazole rings is 1. The number of nitrogens with two attached hydrogens (primary N) is 1. The molecule has 0 radical (unpaired) electrons. The monoisotopic (exact) mass is 271 g/mol. The Kier molecular flexibility index (Phi) is 3.63. The van der Waals surface area contributed by atoms with E-state index in [1.54, 1.807) is 22.8 Å². The fourth-order valence-electron chi connectivity index (χ4n) is 1.73. The summed E-state index contributed by atoms with van der Waals surface area (Å²) >= 11 is 0. The third-order valence-corrected chi connectivity index (χ3v) is 2.77. The van der Waals surface area contributed by atoms with E-state index >= 15 is 0 Å². The maximum atomic E-state index is 9.16. The zero-order valence-electron chi connectivity index (χ0n) is 10.8. The maximum Gasteiger partial charge on any atom is 0.201 e. The van der Waals surface area contributed by atoms with Crippen LogP contribution < -0.4 is 11.2 Å². The van der Waals surface area contributed by atoms with Crippen LogP contribution in [0.2, 0.25) is 0 Å². The Morgan fingerprint density at radius 3 is 3.00 bits per heavy atom. The van der Waals surface area contributed by atoms with Crippen molar-refractivity contribution in [2.75, 3.05) is 5.43 Å². The Morgan fingerprint density at radius 1 is 1.65 bits per heavy atom. The van der Waals surface area contributed by atoms with Crippen LogP contribution in [0.1, 0.15) is 5.82 Å². The number of rotatable bonds is 4. The number of hydrogen-bond donors (Lipinski definition) is 4. The SMILES string of the molecule is Cn1c(CO)nc2cc(N/N=C(\C#N)C(=N)N)ccc21. The Hall–Kier alpha value is -2.92. The van der Waals surface area contributed by atoms with E-state index < -0.39 is 5.84 Å². The van der Waals surface area contributed by atoms with E-state index in [-0.39, 0.29) is 12.3 Å². The number of nitrogens with zero attached hydrogens (tertiary/aromatic N) is 4. The molecule has 102 valence electrons. The first-order chi connectivity index (χ1) is 9.56. The molecule has 0 aliphatic rings. The number of fused-ring (bicyclic) bond motifs is 1. The molecular weight excluding hydrogens is 258 g/mol. The quantitative estimate of drug-likeness (QED) is 0.360. The summed E-state index contributed by atoms with van der Waals surface area (Å²) in [4.78, 5) is 4.27. The summed E-state index contributed by atoms with van der Waals surface area (Å²) < 4.78 is 1.79. The van der Waals surface area contributed by atoms with E-state index in [1.807, 2.05) is 13.1 Å². The fourth-order valence-corrected chi connectivity index (χ4v) is 1.73. The number of amidine groups is 1. The van der Waals surface area contributed by atoms with Gasteiger partial charge in [0.05, 0.1) is 16.7 Å². The van der Waals surface area contributed by atoms with Crippen LogP contribution in [-0.4, -0.2) is 26.2 Å². The average molecular weight is 271 g/mol. The standard InChI is InChI=1S/C12H13N7O/c1-19-10-3-2-7(4-8(10)16-11(19)6-20)17-18-9(5-13)12(14)15/h2-4,17,20H,6H2,1H3,(H3,14,15)/b18-9+. The van der Waals surface area contributed by atoms with Crippen molar-refractivity contribution in [2.24, 2.45) is 17.9 Å². The van der Waals surface area contributed by atoms with Crippen molar-refractivity contribution < 1.29 is 5.11 Å². The van der Waals surface area contributed by atoms with Gasteiger partial charge in [-0.15, -0.1) is 0 Å². The van der Waals surface area contributed by atoms with Gasteiger partial charge in [0.1, 0.15) is 18.5 Å². The van der Waals surface area contributed by atoms with E-state index in [0.717, 1.165) is 5.52 Å². The summed E-state index contributed by atoms with van der Waals surface area (Å²) in [6, 6.07) is 7.02. The highest BCUT2D eigenvalue weighted by atomic mass is 16.3. The number of hydrazone groups is 1. The van der Waals surface area contributed by atoms with Crippen LogP contribution in [0.4, 0.5) is 5.69 Å². The zero-order chi connectivity index (χ0) is 14.7. The fraction of sp³-hybridized carbons (Fsp3) is 0.167. The number of anilines is 1. The summed E-state index contributed by atoms with van der Waals surface area (Å²) in [7, 11) is 1.82. The largest absolute Gasteiger partial charge is 0.388 e. The number of hydrogen-bond acceptors (Lipinski definition) is 6. The lowest BCUT2D eigenvalue weighted by Gasteiger charge is -2.02. The van der Waals surface area contributed by atoms with Crippen LogP contribution in [0.3, 0.4) is 0 Å². The molecule has 0 aliphatic carbocycles. The second kappa shape index (κ2) is 5.38. The number of benzene rings is 1. The van der Waals surface area contributed by atoms with Crippen molar-refractivity contribution in [3.8, 4) is 6.07 Å². The summed E-state index contributed by atoms with van der Waals surface area (Å²) in [5.41, 5.74) is 9.82. The van der Waals surface area contributed by atoms with Crippen molar-refractivity contribution in [3.63, 3.8) is 0 Å². The molecule has 0 aliphatic heterocycles. The first kappa shape index (κ1) is 13.5. The summed E-state index contributed by atoms with van der Waals surface area (Å²) in [5.74, 6) is 0.156. The predicted molar refractivity (Wildman–Crippen MR) is 75.2 cm³/mol. The molecule has 8 nitrogen and oxygen atoms in total. The highest BCUT2D eigenvalue weighted by molar-refractivity contribution is 6.45. The van der Waals surface area contributed by atoms with Crippen molar-refractivity contribution in [2.45, 2.75) is 6.61 Å². The Balaban J connectivity index is 2.33. The maximum absolute atomic E-state index is 9.16. The minimum atomic E-state index is -0.401. The van der Waals surface area contributed by atoms with Crippen LogP contribution in [0.15, 0.2) is 23.3 Å². The number of nitriles is 1. The number of aromatic nitrogens is 2. The topological polar surface area (TPSA) is 136 Å². The summed E-state index contributed by atoms with van der Waals surface area (Å²) in [6.07, 6.45) is 0. The highest BCUT2D eigenvalue weighted by Gasteiger charge is 2.07.